The van der Waals surface area contributed by atoms with Crippen molar-refractivity contribution in [2.45, 2.75) is 45.8 Å². The fourth-order valence-corrected chi connectivity index (χ4v) is 5.40. The van der Waals surface area contributed by atoms with Gasteiger partial charge in [-0.3, -0.25) is 14.4 Å². The summed E-state index contributed by atoms with van der Waals surface area (Å²) in [6.07, 6.45) is 0.332. The van der Waals surface area contributed by atoms with Crippen molar-refractivity contribution in [2.24, 2.45) is 0 Å². The highest BCUT2D eigenvalue weighted by molar-refractivity contribution is 6.42. The first-order valence-corrected chi connectivity index (χ1v) is 14.4. The minimum atomic E-state index is -0.261. The fourth-order valence-electron chi connectivity index (χ4n) is 5.10. The van der Waals surface area contributed by atoms with E-state index in [4.69, 9.17) is 28.2 Å². The van der Waals surface area contributed by atoms with E-state index in [1.807, 2.05) is 45.0 Å². The largest absolute Gasteiger partial charge is 0.355 e. The Kier molecular flexibility index (Phi) is 8.38. The molecule has 0 spiro atoms. The third-order valence-electron chi connectivity index (χ3n) is 7.58. The number of fused-ring (bicyclic) bond motifs is 1. The number of aromatic nitrogens is 2. The fraction of sp³-hybridized carbons (Fsp3) is 0.250. The minimum absolute atomic E-state index is 0.162. The lowest BCUT2D eigenvalue weighted by Gasteiger charge is -2.35. The van der Waals surface area contributed by atoms with Crippen molar-refractivity contribution < 1.29 is 9.59 Å². The molecular weight excluding hydrogens is 573 g/mol. The Labute approximate surface area is 254 Å². The van der Waals surface area contributed by atoms with Crippen molar-refractivity contribution in [3.05, 3.63) is 121 Å². The number of anilines is 1. The van der Waals surface area contributed by atoms with Gasteiger partial charge in [0.2, 0.25) is 5.95 Å². The van der Waals surface area contributed by atoms with Crippen LogP contribution in [-0.4, -0.2) is 39.4 Å². The normalized spacial score (nSPS) is 15.1. The van der Waals surface area contributed by atoms with Gasteiger partial charge >= 0.3 is 0 Å². The van der Waals surface area contributed by atoms with Crippen LogP contribution in [0, 0.1) is 6.92 Å². The maximum absolute atomic E-state index is 14.1. The van der Waals surface area contributed by atoms with Gasteiger partial charge in [0.15, 0.2) is 0 Å². The molecule has 0 aliphatic carbocycles. The van der Waals surface area contributed by atoms with E-state index in [0.29, 0.717) is 50.5 Å². The van der Waals surface area contributed by atoms with Crippen LogP contribution in [0.2, 0.25) is 10.0 Å². The summed E-state index contributed by atoms with van der Waals surface area (Å²) in [5, 5.41) is 6.70. The van der Waals surface area contributed by atoms with E-state index in [1.165, 1.54) is 0 Å². The zero-order valence-electron chi connectivity index (χ0n) is 23.7. The third kappa shape index (κ3) is 5.78. The van der Waals surface area contributed by atoms with Crippen LogP contribution in [-0.2, 0) is 13.0 Å². The lowest BCUT2D eigenvalue weighted by Crippen LogP contribution is -2.46. The second-order valence-corrected chi connectivity index (χ2v) is 11.3. The Morgan fingerprint density at radius 3 is 2.29 bits per heavy atom. The molecule has 0 saturated heterocycles. The van der Waals surface area contributed by atoms with Crippen molar-refractivity contribution >= 4 is 41.0 Å². The van der Waals surface area contributed by atoms with Gasteiger partial charge in [-0.2, -0.15) is 0 Å². The molecule has 2 heterocycles. The third-order valence-corrected chi connectivity index (χ3v) is 8.32. The molecule has 1 aliphatic rings. The van der Waals surface area contributed by atoms with Crippen molar-refractivity contribution in [3.8, 4) is 5.69 Å². The smallest absolute Gasteiger partial charge is 0.263 e. The lowest BCUT2D eigenvalue weighted by molar-refractivity contribution is 0.0653. The Morgan fingerprint density at radius 1 is 0.976 bits per heavy atom. The predicted molar refractivity (Wildman–Crippen MR) is 166 cm³/mol. The van der Waals surface area contributed by atoms with E-state index in [1.54, 1.807) is 59.0 Å². The summed E-state index contributed by atoms with van der Waals surface area (Å²) in [7, 11) is 1.57. The van der Waals surface area contributed by atoms with E-state index < -0.39 is 0 Å². The number of halogens is 2. The summed E-state index contributed by atoms with van der Waals surface area (Å²) in [5.41, 5.74) is 4.49. The highest BCUT2D eigenvalue weighted by atomic mass is 35.5. The van der Waals surface area contributed by atoms with Gasteiger partial charge in [-0.1, -0.05) is 53.0 Å². The van der Waals surface area contributed by atoms with E-state index in [-0.39, 0.29) is 36.0 Å². The quantitative estimate of drug-likeness (QED) is 0.283. The molecule has 0 saturated carbocycles. The van der Waals surface area contributed by atoms with Gasteiger partial charge in [0.05, 0.1) is 34.0 Å². The molecule has 42 heavy (non-hydrogen) atoms. The standard InChI is InChI=1S/C32H31Cl2N5O3/c1-18-5-7-21(8-6-18)20(3)36-32-37-28-17-38(30(41)23-11-14-26(33)27(34)16-23)19(2)15-25(28)31(42)39(32)24-12-9-22(10-13-24)29(40)35-4/h5-14,16,19-20H,15,17H2,1-4H3,(H,35,40)(H,36,37)/t19-,20+/m1/s1. The van der Waals surface area contributed by atoms with E-state index in [9.17, 15) is 14.4 Å². The number of hydrogen-bond acceptors (Lipinski definition) is 5. The van der Waals surface area contributed by atoms with Gasteiger partial charge in [0, 0.05) is 29.8 Å². The summed E-state index contributed by atoms with van der Waals surface area (Å²) >= 11 is 12.2. The molecule has 5 rings (SSSR count). The van der Waals surface area contributed by atoms with Crippen molar-refractivity contribution in [2.75, 3.05) is 12.4 Å². The zero-order valence-corrected chi connectivity index (χ0v) is 25.3. The molecule has 10 heteroatoms. The maximum Gasteiger partial charge on any atom is 0.263 e. The van der Waals surface area contributed by atoms with E-state index in [2.05, 4.69) is 10.6 Å². The average Bonchev–Trinajstić information content (AvgIpc) is 2.98. The summed E-state index contributed by atoms with van der Waals surface area (Å²) in [5.74, 6) is -0.0922. The molecule has 1 aliphatic heterocycles. The zero-order chi connectivity index (χ0) is 30.1. The number of aryl methyl sites for hydroxylation is 1. The second-order valence-electron chi connectivity index (χ2n) is 10.5. The summed E-state index contributed by atoms with van der Waals surface area (Å²) in [6.45, 7) is 6.09. The second kappa shape index (κ2) is 12.0. The van der Waals surface area contributed by atoms with Crippen LogP contribution in [0.3, 0.4) is 0 Å². The van der Waals surface area contributed by atoms with Crippen LogP contribution in [0.1, 0.15) is 63.0 Å². The van der Waals surface area contributed by atoms with Gasteiger partial charge in [-0.25, -0.2) is 9.55 Å². The molecule has 2 amide bonds. The Morgan fingerprint density at radius 2 is 1.64 bits per heavy atom. The maximum atomic E-state index is 14.1. The Hall–Kier alpha value is -4.14. The first-order valence-electron chi connectivity index (χ1n) is 13.6. The number of nitrogens with zero attached hydrogens (tertiary/aromatic N) is 3. The monoisotopic (exact) mass is 603 g/mol. The van der Waals surface area contributed by atoms with Gasteiger partial charge in [0.25, 0.3) is 17.4 Å². The SMILES string of the molecule is CNC(=O)c1ccc(-n2c(N[C@@H](C)c3ccc(C)cc3)nc3c(c2=O)C[C@@H](C)N(C(=O)c2ccc(Cl)c(Cl)c2)C3)cc1. The van der Waals surface area contributed by atoms with E-state index >= 15 is 0 Å². The molecule has 216 valence electrons. The number of benzene rings is 3. The minimum Gasteiger partial charge on any atom is -0.355 e. The van der Waals surface area contributed by atoms with E-state index in [0.717, 1.165) is 11.1 Å². The summed E-state index contributed by atoms with van der Waals surface area (Å²) < 4.78 is 1.54. The number of carbonyl (C=O) groups excluding carboxylic acids is 2. The number of amides is 2. The number of nitrogens with one attached hydrogen (secondary N) is 2. The Bertz CT molecular complexity index is 1720. The molecule has 4 aromatic rings. The molecular formula is C32H31Cl2N5O3. The lowest BCUT2D eigenvalue weighted by atomic mass is 9.98. The van der Waals surface area contributed by atoms with Crippen LogP contribution < -0.4 is 16.2 Å². The molecule has 1 aromatic heterocycles. The van der Waals surface area contributed by atoms with Crippen LogP contribution in [0.5, 0.6) is 0 Å². The predicted octanol–water partition coefficient (Wildman–Crippen LogP) is 5.97. The highest BCUT2D eigenvalue weighted by Crippen LogP contribution is 2.28. The summed E-state index contributed by atoms with van der Waals surface area (Å²) in [4.78, 5) is 46.4. The van der Waals surface area contributed by atoms with Crippen LogP contribution in [0.25, 0.3) is 5.69 Å². The number of hydrogen-bond donors (Lipinski definition) is 2. The van der Waals surface area contributed by atoms with Crippen molar-refractivity contribution in [1.29, 1.82) is 0 Å². The molecule has 0 fully saturated rings. The molecule has 0 bridgehead atoms. The van der Waals surface area contributed by atoms with Gasteiger partial charge in [-0.15, -0.1) is 0 Å². The first-order chi connectivity index (χ1) is 20.1. The molecule has 0 unspecified atom stereocenters. The van der Waals surface area contributed by atoms with Crippen LogP contribution >= 0.6 is 23.2 Å². The number of rotatable bonds is 6. The molecule has 2 N–H and O–H groups in total. The topological polar surface area (TPSA) is 96.3 Å². The molecule has 0 radical (unpaired) electrons. The van der Waals surface area contributed by atoms with Crippen LogP contribution in [0.15, 0.2) is 71.5 Å². The van der Waals surface area contributed by atoms with Gasteiger partial charge in [0.1, 0.15) is 0 Å². The van der Waals surface area contributed by atoms with Crippen molar-refractivity contribution in [3.63, 3.8) is 0 Å². The molecule has 8 nitrogen and oxygen atoms in total. The summed E-state index contributed by atoms with van der Waals surface area (Å²) in [6, 6.07) is 19.3. The first kappa shape index (κ1) is 29.4. The van der Waals surface area contributed by atoms with Crippen LogP contribution in [0.4, 0.5) is 5.95 Å². The molecule has 3 aromatic carbocycles. The van der Waals surface area contributed by atoms with Gasteiger partial charge < -0.3 is 15.5 Å². The highest BCUT2D eigenvalue weighted by Gasteiger charge is 2.32. The average molecular weight is 605 g/mol. The Balaban J connectivity index is 1.57. The molecule has 2 atom stereocenters. The van der Waals surface area contributed by atoms with Gasteiger partial charge in [-0.05, 0) is 75.2 Å². The van der Waals surface area contributed by atoms with Crippen molar-refractivity contribution in [1.82, 2.24) is 19.8 Å². The number of carbonyl (C=O) groups is 2.